The molecule has 0 unspecified atom stereocenters. The van der Waals surface area contributed by atoms with Crippen LogP contribution in [0.2, 0.25) is 0 Å². The number of hydrogen-bond donors (Lipinski definition) is 3. The van der Waals surface area contributed by atoms with Gasteiger partial charge in [-0.2, -0.15) is 0 Å². The molecule has 0 heterocycles. The van der Waals surface area contributed by atoms with Crippen LogP contribution in [-0.2, 0) is 0 Å². The van der Waals surface area contributed by atoms with Crippen molar-refractivity contribution in [1.82, 2.24) is 10.6 Å². The third-order valence-electron chi connectivity index (χ3n) is 1.92. The molecular formula is C10H24N2O. The van der Waals surface area contributed by atoms with Crippen LogP contribution < -0.4 is 10.6 Å². The average molecular weight is 188 g/mol. The number of nitrogens with one attached hydrogen (secondary N) is 2. The summed E-state index contributed by atoms with van der Waals surface area (Å²) in [4.78, 5) is 0. The molecule has 0 aromatic heterocycles. The van der Waals surface area contributed by atoms with Crippen LogP contribution in [0, 0.1) is 0 Å². The van der Waals surface area contributed by atoms with Gasteiger partial charge in [-0.15, -0.1) is 0 Å². The van der Waals surface area contributed by atoms with Crippen LogP contribution in [0.3, 0.4) is 0 Å². The van der Waals surface area contributed by atoms with E-state index in [9.17, 15) is 0 Å². The molecule has 0 aliphatic heterocycles. The lowest BCUT2D eigenvalue weighted by Gasteiger charge is -2.04. The van der Waals surface area contributed by atoms with Gasteiger partial charge in [0.05, 0.1) is 0 Å². The quantitative estimate of drug-likeness (QED) is 0.443. The molecule has 80 valence electrons. The van der Waals surface area contributed by atoms with Crippen molar-refractivity contribution in [1.29, 1.82) is 0 Å². The van der Waals surface area contributed by atoms with Gasteiger partial charge in [-0.3, -0.25) is 0 Å². The van der Waals surface area contributed by atoms with Crippen molar-refractivity contribution in [2.45, 2.75) is 32.6 Å². The fourth-order valence-electron chi connectivity index (χ4n) is 1.14. The first kappa shape index (κ1) is 12.9. The molecule has 13 heavy (non-hydrogen) atoms. The maximum Gasteiger partial charge on any atom is 0.0431 e. The predicted molar refractivity (Wildman–Crippen MR) is 57.0 cm³/mol. The first-order valence-corrected chi connectivity index (χ1v) is 5.44. The first-order chi connectivity index (χ1) is 6.41. The molecule has 0 fully saturated rings. The van der Waals surface area contributed by atoms with Gasteiger partial charge < -0.3 is 15.7 Å². The Morgan fingerprint density at radius 1 is 0.846 bits per heavy atom. The summed E-state index contributed by atoms with van der Waals surface area (Å²) in [6.45, 7) is 6.82. The van der Waals surface area contributed by atoms with Gasteiger partial charge in [0.2, 0.25) is 0 Å². The molecule has 3 heteroatoms. The molecule has 0 aliphatic rings. The zero-order chi connectivity index (χ0) is 9.78. The summed E-state index contributed by atoms with van der Waals surface area (Å²) in [5.41, 5.74) is 0. The molecule has 0 bridgehead atoms. The van der Waals surface area contributed by atoms with Crippen LogP contribution in [-0.4, -0.2) is 37.9 Å². The summed E-state index contributed by atoms with van der Waals surface area (Å²) in [5, 5.41) is 15.2. The van der Waals surface area contributed by atoms with Crippen LogP contribution in [0.5, 0.6) is 0 Å². The SMILES string of the molecule is CCCNCCNCCCCCO. The van der Waals surface area contributed by atoms with Gasteiger partial charge in [0.15, 0.2) is 0 Å². The molecule has 0 saturated carbocycles. The number of rotatable bonds is 10. The molecule has 0 atom stereocenters. The van der Waals surface area contributed by atoms with Crippen LogP contribution in [0.4, 0.5) is 0 Å². The summed E-state index contributed by atoms with van der Waals surface area (Å²) in [6, 6.07) is 0. The topological polar surface area (TPSA) is 44.3 Å². The van der Waals surface area contributed by atoms with Crippen molar-refractivity contribution in [3.8, 4) is 0 Å². The molecule has 0 saturated heterocycles. The zero-order valence-electron chi connectivity index (χ0n) is 8.81. The van der Waals surface area contributed by atoms with E-state index in [4.69, 9.17) is 5.11 Å². The summed E-state index contributed by atoms with van der Waals surface area (Å²) in [7, 11) is 0. The zero-order valence-corrected chi connectivity index (χ0v) is 8.81. The second-order valence-electron chi connectivity index (χ2n) is 3.28. The lowest BCUT2D eigenvalue weighted by Crippen LogP contribution is -2.28. The summed E-state index contributed by atoms with van der Waals surface area (Å²) in [5.74, 6) is 0. The highest BCUT2D eigenvalue weighted by molar-refractivity contribution is 4.51. The monoisotopic (exact) mass is 188 g/mol. The van der Waals surface area contributed by atoms with Gasteiger partial charge >= 0.3 is 0 Å². The Kier molecular flexibility index (Phi) is 11.8. The van der Waals surface area contributed by atoms with Crippen molar-refractivity contribution in [3.63, 3.8) is 0 Å². The molecule has 0 radical (unpaired) electrons. The molecule has 0 spiro atoms. The van der Waals surface area contributed by atoms with Gasteiger partial charge in [-0.25, -0.2) is 0 Å². The highest BCUT2D eigenvalue weighted by Crippen LogP contribution is 1.91. The van der Waals surface area contributed by atoms with Crippen molar-refractivity contribution in [2.75, 3.05) is 32.8 Å². The molecule has 0 aromatic rings. The van der Waals surface area contributed by atoms with Gasteiger partial charge in [-0.1, -0.05) is 6.92 Å². The van der Waals surface area contributed by atoms with E-state index in [0.717, 1.165) is 39.0 Å². The number of aliphatic hydroxyl groups excluding tert-OH is 1. The number of aliphatic hydroxyl groups is 1. The maximum absolute atomic E-state index is 8.54. The maximum atomic E-state index is 8.54. The van der Waals surface area contributed by atoms with E-state index in [2.05, 4.69) is 17.6 Å². The minimum Gasteiger partial charge on any atom is -0.396 e. The minimum atomic E-state index is 0.331. The second kappa shape index (κ2) is 11.9. The van der Waals surface area contributed by atoms with Crippen molar-refractivity contribution >= 4 is 0 Å². The van der Waals surface area contributed by atoms with E-state index in [1.165, 1.54) is 12.8 Å². The summed E-state index contributed by atoms with van der Waals surface area (Å²) >= 11 is 0. The Morgan fingerprint density at radius 3 is 2.15 bits per heavy atom. The van der Waals surface area contributed by atoms with Crippen molar-refractivity contribution in [2.24, 2.45) is 0 Å². The Labute approximate surface area is 81.9 Å². The normalized spacial score (nSPS) is 10.6. The Balaban J connectivity index is 2.76. The van der Waals surface area contributed by atoms with E-state index in [-0.39, 0.29) is 0 Å². The highest BCUT2D eigenvalue weighted by Gasteiger charge is 1.88. The third-order valence-corrected chi connectivity index (χ3v) is 1.92. The fourth-order valence-corrected chi connectivity index (χ4v) is 1.14. The molecule has 3 N–H and O–H groups in total. The fraction of sp³-hybridized carbons (Fsp3) is 1.00. The van der Waals surface area contributed by atoms with Crippen LogP contribution in [0.15, 0.2) is 0 Å². The average Bonchev–Trinajstić information content (AvgIpc) is 2.16. The lowest BCUT2D eigenvalue weighted by molar-refractivity contribution is 0.283. The molecule has 0 rings (SSSR count). The van der Waals surface area contributed by atoms with Crippen LogP contribution >= 0.6 is 0 Å². The van der Waals surface area contributed by atoms with Gasteiger partial charge in [-0.05, 0) is 38.8 Å². The molecule has 0 aliphatic carbocycles. The first-order valence-electron chi connectivity index (χ1n) is 5.44. The summed E-state index contributed by atoms with van der Waals surface area (Å²) in [6.07, 6.45) is 4.45. The highest BCUT2D eigenvalue weighted by atomic mass is 16.2. The molecular weight excluding hydrogens is 164 g/mol. The van der Waals surface area contributed by atoms with E-state index < -0.39 is 0 Å². The minimum absolute atomic E-state index is 0.331. The van der Waals surface area contributed by atoms with Gasteiger partial charge in [0.25, 0.3) is 0 Å². The lowest BCUT2D eigenvalue weighted by atomic mass is 10.2. The van der Waals surface area contributed by atoms with Crippen LogP contribution in [0.25, 0.3) is 0 Å². The van der Waals surface area contributed by atoms with E-state index in [0.29, 0.717) is 6.61 Å². The molecule has 0 aromatic carbocycles. The smallest absolute Gasteiger partial charge is 0.0431 e. The molecule has 0 amide bonds. The van der Waals surface area contributed by atoms with E-state index >= 15 is 0 Å². The Morgan fingerprint density at radius 2 is 1.54 bits per heavy atom. The number of unbranched alkanes of at least 4 members (excludes halogenated alkanes) is 2. The molecule has 3 nitrogen and oxygen atoms in total. The van der Waals surface area contributed by atoms with E-state index in [1.54, 1.807) is 0 Å². The van der Waals surface area contributed by atoms with Gasteiger partial charge in [0, 0.05) is 19.7 Å². The summed E-state index contributed by atoms with van der Waals surface area (Å²) < 4.78 is 0. The van der Waals surface area contributed by atoms with E-state index in [1.807, 2.05) is 0 Å². The van der Waals surface area contributed by atoms with Crippen LogP contribution in [0.1, 0.15) is 32.6 Å². The third kappa shape index (κ3) is 11.9. The van der Waals surface area contributed by atoms with Gasteiger partial charge in [0.1, 0.15) is 0 Å². The van der Waals surface area contributed by atoms with Crippen molar-refractivity contribution in [3.05, 3.63) is 0 Å². The number of hydrogen-bond acceptors (Lipinski definition) is 3. The Hall–Kier alpha value is -0.120. The Bertz CT molecular complexity index is 79.0. The second-order valence-corrected chi connectivity index (χ2v) is 3.28. The largest absolute Gasteiger partial charge is 0.396 e. The predicted octanol–water partition coefficient (Wildman–Crippen LogP) is 0.738. The van der Waals surface area contributed by atoms with Crippen molar-refractivity contribution < 1.29 is 5.11 Å². The standard InChI is InChI=1S/C10H24N2O/c1-2-6-11-8-9-12-7-4-3-5-10-13/h11-13H,2-10H2,1H3.